The zero-order valence-electron chi connectivity index (χ0n) is 21.2. The van der Waals surface area contributed by atoms with Gasteiger partial charge in [-0.15, -0.1) is 0 Å². The predicted octanol–water partition coefficient (Wildman–Crippen LogP) is 6.30. The predicted molar refractivity (Wildman–Crippen MR) is 133 cm³/mol. The maximum Gasteiger partial charge on any atom is 0.228 e. The van der Waals surface area contributed by atoms with Gasteiger partial charge in [0, 0.05) is 37.9 Å². The Morgan fingerprint density at radius 3 is 2.46 bits per heavy atom. The van der Waals surface area contributed by atoms with Crippen molar-refractivity contribution in [1.29, 1.82) is 0 Å². The van der Waals surface area contributed by atoms with Gasteiger partial charge >= 0.3 is 0 Å². The molecule has 1 aliphatic heterocycles. The van der Waals surface area contributed by atoms with Gasteiger partial charge in [0.05, 0.1) is 17.3 Å². The van der Waals surface area contributed by atoms with Crippen molar-refractivity contribution in [2.45, 2.75) is 46.6 Å². The average Bonchev–Trinajstić information content (AvgIpc) is 3.26. The van der Waals surface area contributed by atoms with Gasteiger partial charge in [-0.05, 0) is 54.5 Å². The van der Waals surface area contributed by atoms with Crippen LogP contribution in [-0.4, -0.2) is 40.7 Å². The number of amides is 1. The van der Waals surface area contributed by atoms with Gasteiger partial charge in [-0.2, -0.15) is 15.3 Å². The number of hydrogen-bond donors (Lipinski definition) is 0. The molecule has 35 heavy (non-hydrogen) atoms. The van der Waals surface area contributed by atoms with E-state index in [2.05, 4.69) is 35.8 Å². The summed E-state index contributed by atoms with van der Waals surface area (Å²) in [6.07, 6.45) is 6.64. The van der Waals surface area contributed by atoms with E-state index in [1.807, 2.05) is 35.7 Å². The number of likely N-dealkylation sites (tertiary alicyclic amines) is 1. The molecule has 2 heterocycles. The fourth-order valence-corrected chi connectivity index (χ4v) is 4.57. The highest BCUT2D eigenvalue weighted by Crippen LogP contribution is 2.36. The van der Waals surface area contributed by atoms with Gasteiger partial charge in [0.1, 0.15) is 11.6 Å². The summed E-state index contributed by atoms with van der Waals surface area (Å²) in [4.78, 5) is 15.1. The largest absolute Gasteiger partial charge is 0.338 e. The van der Waals surface area contributed by atoms with Crippen molar-refractivity contribution in [2.75, 3.05) is 20.1 Å². The minimum atomic E-state index is -0.702. The first-order valence-corrected chi connectivity index (χ1v) is 12.0. The molecule has 1 aromatic carbocycles. The second kappa shape index (κ2) is 11.1. The highest BCUT2D eigenvalue weighted by molar-refractivity contribution is 5.82. The summed E-state index contributed by atoms with van der Waals surface area (Å²) in [6, 6.07) is 5.81. The molecular weight excluding hydrogens is 448 g/mol. The lowest BCUT2D eigenvalue weighted by Gasteiger charge is -2.43. The minimum Gasteiger partial charge on any atom is -0.338 e. The Bertz CT molecular complexity index is 1080. The van der Waals surface area contributed by atoms with Gasteiger partial charge in [0.2, 0.25) is 5.91 Å². The molecule has 0 N–H and O–H groups in total. The molecule has 0 saturated carbocycles. The Morgan fingerprint density at radius 1 is 1.26 bits per heavy atom. The smallest absolute Gasteiger partial charge is 0.228 e. The van der Waals surface area contributed by atoms with Crippen molar-refractivity contribution >= 4 is 11.6 Å². The Kier molecular flexibility index (Phi) is 8.35. The van der Waals surface area contributed by atoms with Crippen molar-refractivity contribution in [2.24, 2.45) is 27.5 Å². The molecule has 1 aliphatic rings. The SMILES string of the molecule is C=C(/C=C(\N=N/C)c1c(F)cccc1F)C(CCC(C)(C)C(=O)N1CC(n2cccn2)C1)C(C)C. The molecule has 1 atom stereocenters. The number of nitrogens with zero attached hydrogens (tertiary/aromatic N) is 5. The van der Waals surface area contributed by atoms with Gasteiger partial charge in [-0.25, -0.2) is 8.78 Å². The number of azo groups is 1. The lowest BCUT2D eigenvalue weighted by Crippen LogP contribution is -2.54. The van der Waals surface area contributed by atoms with Gasteiger partial charge in [0.25, 0.3) is 0 Å². The number of carbonyl (C=O) groups excluding carboxylic acids is 1. The summed E-state index contributed by atoms with van der Waals surface area (Å²) in [7, 11) is 1.45. The van der Waals surface area contributed by atoms with E-state index in [0.717, 1.165) is 0 Å². The monoisotopic (exact) mass is 483 g/mol. The molecule has 0 radical (unpaired) electrons. The summed E-state index contributed by atoms with van der Waals surface area (Å²) in [5, 5.41) is 12.0. The molecule has 1 aromatic heterocycles. The molecule has 1 saturated heterocycles. The van der Waals surface area contributed by atoms with E-state index in [1.165, 1.54) is 25.2 Å². The standard InChI is InChI=1S/C27H35F2N5O/c1-18(2)21(19(3)15-24(32-30-6)25-22(28)9-7-10-23(25)29)11-12-27(4,5)26(35)33-16-20(17-33)34-14-8-13-31-34/h7-10,13-15,18,20-21H,3,11-12,16-17H2,1-2,4-6H3/b24-15-,32-30-. The zero-order chi connectivity index (χ0) is 25.8. The molecule has 6 nitrogen and oxygen atoms in total. The average molecular weight is 484 g/mol. The van der Waals surface area contributed by atoms with Crippen LogP contribution in [0, 0.1) is 28.9 Å². The molecule has 1 unspecified atom stereocenters. The highest BCUT2D eigenvalue weighted by Gasteiger charge is 2.39. The summed E-state index contributed by atoms with van der Waals surface area (Å²) >= 11 is 0. The van der Waals surface area contributed by atoms with Crippen LogP contribution < -0.4 is 0 Å². The van der Waals surface area contributed by atoms with Crippen molar-refractivity contribution in [3.63, 3.8) is 0 Å². The van der Waals surface area contributed by atoms with Crippen LogP contribution in [-0.2, 0) is 4.79 Å². The number of benzene rings is 1. The molecule has 0 spiro atoms. The third kappa shape index (κ3) is 6.10. The van der Waals surface area contributed by atoms with Gasteiger partial charge < -0.3 is 4.90 Å². The van der Waals surface area contributed by atoms with Crippen LogP contribution in [0.15, 0.2) is 65.1 Å². The Balaban J connectivity index is 1.70. The van der Waals surface area contributed by atoms with E-state index in [0.29, 0.717) is 31.5 Å². The van der Waals surface area contributed by atoms with E-state index < -0.39 is 17.0 Å². The van der Waals surface area contributed by atoms with E-state index in [-0.39, 0.29) is 35.0 Å². The number of allylic oxidation sites excluding steroid dienone is 2. The summed E-state index contributed by atoms with van der Waals surface area (Å²) < 4.78 is 30.7. The summed E-state index contributed by atoms with van der Waals surface area (Å²) in [5.41, 5.74) is 0.0348. The lowest BCUT2D eigenvalue weighted by atomic mass is 9.77. The normalized spacial score (nSPS) is 16.1. The van der Waals surface area contributed by atoms with Crippen LogP contribution in [0.2, 0.25) is 0 Å². The third-order valence-corrected chi connectivity index (χ3v) is 6.74. The van der Waals surface area contributed by atoms with Gasteiger partial charge in [-0.1, -0.05) is 40.3 Å². The zero-order valence-corrected chi connectivity index (χ0v) is 21.2. The molecule has 2 aromatic rings. The van der Waals surface area contributed by atoms with Crippen LogP contribution in [0.5, 0.6) is 0 Å². The van der Waals surface area contributed by atoms with Crippen molar-refractivity contribution in [3.05, 3.63) is 72.1 Å². The first-order chi connectivity index (χ1) is 16.5. The maximum atomic E-state index is 14.4. The van der Waals surface area contributed by atoms with Crippen LogP contribution in [0.25, 0.3) is 5.70 Å². The fourth-order valence-electron chi connectivity index (χ4n) is 4.57. The fraction of sp³-hybridized carbons (Fsp3) is 0.481. The Hall–Kier alpha value is -3.16. The molecule has 1 amide bonds. The molecule has 1 fully saturated rings. The number of halogens is 2. The number of carbonyl (C=O) groups is 1. The first kappa shape index (κ1) is 26.4. The second-order valence-corrected chi connectivity index (χ2v) is 10.1. The molecule has 188 valence electrons. The summed E-state index contributed by atoms with van der Waals surface area (Å²) in [5.74, 6) is -1.06. The maximum absolute atomic E-state index is 14.4. The van der Waals surface area contributed by atoms with Crippen molar-refractivity contribution in [1.82, 2.24) is 14.7 Å². The van der Waals surface area contributed by atoms with Gasteiger partial charge in [0.15, 0.2) is 0 Å². The van der Waals surface area contributed by atoms with Crippen molar-refractivity contribution in [3.8, 4) is 0 Å². The van der Waals surface area contributed by atoms with Crippen LogP contribution in [0.4, 0.5) is 8.78 Å². The van der Waals surface area contributed by atoms with Crippen LogP contribution in [0.3, 0.4) is 0 Å². The van der Waals surface area contributed by atoms with E-state index in [1.54, 1.807) is 12.3 Å². The van der Waals surface area contributed by atoms with E-state index in [9.17, 15) is 13.6 Å². The molecule has 3 rings (SSSR count). The molecule has 0 aliphatic carbocycles. The third-order valence-electron chi connectivity index (χ3n) is 6.74. The molecular formula is C27H35F2N5O. The molecule has 0 bridgehead atoms. The first-order valence-electron chi connectivity index (χ1n) is 12.0. The number of rotatable bonds is 10. The van der Waals surface area contributed by atoms with Crippen LogP contribution in [0.1, 0.15) is 52.1 Å². The van der Waals surface area contributed by atoms with E-state index >= 15 is 0 Å². The molecule has 8 heteroatoms. The second-order valence-electron chi connectivity index (χ2n) is 10.1. The Labute approximate surface area is 206 Å². The lowest BCUT2D eigenvalue weighted by molar-refractivity contribution is -0.147. The quantitative estimate of drug-likeness (QED) is 0.294. The number of hydrogen-bond acceptors (Lipinski definition) is 4. The summed E-state index contributed by atoms with van der Waals surface area (Å²) in [6.45, 7) is 13.6. The van der Waals surface area contributed by atoms with Crippen LogP contribution >= 0.6 is 0 Å². The van der Waals surface area contributed by atoms with E-state index in [4.69, 9.17) is 0 Å². The van der Waals surface area contributed by atoms with Gasteiger partial charge in [-0.3, -0.25) is 9.48 Å². The number of aromatic nitrogens is 2. The Morgan fingerprint density at radius 2 is 1.91 bits per heavy atom. The van der Waals surface area contributed by atoms with Crippen molar-refractivity contribution < 1.29 is 13.6 Å². The minimum absolute atomic E-state index is 0.00665. The highest BCUT2D eigenvalue weighted by atomic mass is 19.1. The topological polar surface area (TPSA) is 62.9 Å².